The third kappa shape index (κ3) is 3.36. The van der Waals surface area contributed by atoms with Crippen LogP contribution in [-0.4, -0.2) is 61.5 Å². The van der Waals surface area contributed by atoms with Gasteiger partial charge in [0.1, 0.15) is 0 Å². The molecule has 1 aromatic carbocycles. The number of hydrogen-bond acceptors (Lipinski definition) is 4. The van der Waals surface area contributed by atoms with Crippen LogP contribution in [0.15, 0.2) is 30.3 Å². The number of benzene rings is 1. The maximum Gasteiger partial charge on any atom is 0.282 e. The lowest BCUT2D eigenvalue weighted by molar-refractivity contribution is 0.00405. The van der Waals surface area contributed by atoms with Crippen molar-refractivity contribution in [2.75, 3.05) is 33.3 Å². The molecule has 0 spiro atoms. The number of nitrogens with zero attached hydrogens (tertiary/aromatic N) is 2. The normalized spacial score (nSPS) is 28.7. The van der Waals surface area contributed by atoms with Gasteiger partial charge < -0.3 is 10.4 Å². The second kappa shape index (κ2) is 7.09. The number of nitrogens with one attached hydrogen (secondary N) is 1. The highest BCUT2D eigenvalue weighted by molar-refractivity contribution is 7.86. The van der Waals surface area contributed by atoms with E-state index in [0.717, 1.165) is 31.4 Å². The van der Waals surface area contributed by atoms with Gasteiger partial charge >= 0.3 is 0 Å². The van der Waals surface area contributed by atoms with Crippen LogP contribution in [0.2, 0.25) is 0 Å². The molecule has 0 saturated carbocycles. The first-order valence-corrected chi connectivity index (χ1v) is 9.97. The topological polar surface area (TPSA) is 72.9 Å². The quantitative estimate of drug-likeness (QED) is 0.821. The molecule has 6 nitrogen and oxygen atoms in total. The minimum atomic E-state index is -3.53. The van der Waals surface area contributed by atoms with E-state index in [1.54, 1.807) is 11.4 Å². The molecular formula is C17H27N3O3S. The third-order valence-corrected chi connectivity index (χ3v) is 7.30. The van der Waals surface area contributed by atoms with E-state index < -0.39 is 10.2 Å². The predicted molar refractivity (Wildman–Crippen MR) is 93.6 cm³/mol. The van der Waals surface area contributed by atoms with Crippen molar-refractivity contribution < 1.29 is 13.5 Å². The van der Waals surface area contributed by atoms with E-state index in [-0.39, 0.29) is 18.1 Å². The Morgan fingerprint density at radius 1 is 1.38 bits per heavy atom. The van der Waals surface area contributed by atoms with Gasteiger partial charge in [0, 0.05) is 38.1 Å². The molecule has 2 aliphatic rings. The van der Waals surface area contributed by atoms with Gasteiger partial charge in [0.05, 0.1) is 6.61 Å². The molecule has 2 N–H and O–H groups in total. The van der Waals surface area contributed by atoms with Crippen molar-refractivity contribution in [3.63, 3.8) is 0 Å². The van der Waals surface area contributed by atoms with Crippen LogP contribution < -0.4 is 5.32 Å². The average Bonchev–Trinajstić information content (AvgIpc) is 2.62. The van der Waals surface area contributed by atoms with Crippen molar-refractivity contribution in [2.45, 2.75) is 31.8 Å². The smallest absolute Gasteiger partial charge is 0.282 e. The van der Waals surface area contributed by atoms with Gasteiger partial charge in [0.2, 0.25) is 0 Å². The van der Waals surface area contributed by atoms with Crippen LogP contribution >= 0.6 is 0 Å². The Morgan fingerprint density at radius 3 is 2.83 bits per heavy atom. The fourth-order valence-electron chi connectivity index (χ4n) is 3.96. The first-order valence-electron chi connectivity index (χ1n) is 8.57. The minimum absolute atomic E-state index is 0.0269. The van der Waals surface area contributed by atoms with Gasteiger partial charge in [0.25, 0.3) is 10.2 Å². The van der Waals surface area contributed by atoms with Gasteiger partial charge in [-0.3, -0.25) is 0 Å². The third-order valence-electron chi connectivity index (χ3n) is 5.42. The summed E-state index contributed by atoms with van der Waals surface area (Å²) < 4.78 is 28.9. The van der Waals surface area contributed by atoms with Gasteiger partial charge in [-0.2, -0.15) is 17.0 Å². The van der Waals surface area contributed by atoms with Crippen LogP contribution in [-0.2, 0) is 16.8 Å². The lowest BCUT2D eigenvalue weighted by atomic mass is 9.71. The number of rotatable bonds is 5. The summed E-state index contributed by atoms with van der Waals surface area (Å²) in [7, 11) is -1.91. The Labute approximate surface area is 144 Å². The van der Waals surface area contributed by atoms with E-state index in [2.05, 4.69) is 5.32 Å². The molecule has 24 heavy (non-hydrogen) atoms. The van der Waals surface area contributed by atoms with E-state index in [0.29, 0.717) is 19.6 Å². The summed E-state index contributed by atoms with van der Waals surface area (Å²) in [5.74, 6) is 0. The predicted octanol–water partition coefficient (Wildman–Crippen LogP) is 0.800. The second-order valence-corrected chi connectivity index (χ2v) is 9.04. The summed E-state index contributed by atoms with van der Waals surface area (Å²) >= 11 is 0. The van der Waals surface area contributed by atoms with Crippen LogP contribution in [0.25, 0.3) is 0 Å². The molecule has 1 aromatic rings. The number of piperidine rings is 2. The highest BCUT2D eigenvalue weighted by Gasteiger charge is 2.47. The molecule has 2 aliphatic heterocycles. The van der Waals surface area contributed by atoms with E-state index in [1.807, 2.05) is 30.3 Å². The Balaban J connectivity index is 1.74. The average molecular weight is 353 g/mol. The van der Waals surface area contributed by atoms with E-state index in [9.17, 15) is 13.5 Å². The molecule has 2 fully saturated rings. The molecule has 2 atom stereocenters. The van der Waals surface area contributed by atoms with Gasteiger partial charge in [0.15, 0.2) is 0 Å². The Hall–Kier alpha value is -0.990. The van der Waals surface area contributed by atoms with Gasteiger partial charge in [-0.25, -0.2) is 0 Å². The molecule has 0 unspecified atom stereocenters. The lowest BCUT2D eigenvalue weighted by Crippen LogP contribution is -2.63. The Kier molecular flexibility index (Phi) is 5.27. The summed E-state index contributed by atoms with van der Waals surface area (Å²) in [6.45, 7) is 2.23. The molecule has 0 amide bonds. The maximum atomic E-state index is 13.0. The fourth-order valence-corrected chi connectivity index (χ4v) is 5.43. The summed E-state index contributed by atoms with van der Waals surface area (Å²) in [5, 5.41) is 13.4. The SMILES string of the molecule is CN(Cc1ccccc1)S(=O)(=O)N1CC[C@H]2NCCC[C@]2(CO)C1. The summed E-state index contributed by atoms with van der Waals surface area (Å²) in [6, 6.07) is 9.81. The van der Waals surface area contributed by atoms with E-state index in [1.165, 1.54) is 4.31 Å². The zero-order valence-electron chi connectivity index (χ0n) is 14.2. The van der Waals surface area contributed by atoms with E-state index >= 15 is 0 Å². The molecule has 0 bridgehead atoms. The molecule has 0 aliphatic carbocycles. The zero-order valence-corrected chi connectivity index (χ0v) is 15.0. The number of hydrogen-bond donors (Lipinski definition) is 2. The molecule has 7 heteroatoms. The second-order valence-electron chi connectivity index (χ2n) is 7.00. The van der Waals surface area contributed by atoms with Crippen LogP contribution in [0.1, 0.15) is 24.8 Å². The van der Waals surface area contributed by atoms with Crippen molar-refractivity contribution in [2.24, 2.45) is 5.41 Å². The minimum Gasteiger partial charge on any atom is -0.396 e. The fraction of sp³-hybridized carbons (Fsp3) is 0.647. The summed E-state index contributed by atoms with van der Waals surface area (Å²) in [5.41, 5.74) is 0.617. The molecule has 134 valence electrons. The van der Waals surface area contributed by atoms with Crippen molar-refractivity contribution in [1.29, 1.82) is 0 Å². The molecular weight excluding hydrogens is 326 g/mol. The summed E-state index contributed by atoms with van der Waals surface area (Å²) in [6.07, 6.45) is 2.60. The van der Waals surface area contributed by atoms with Crippen LogP contribution in [0.4, 0.5) is 0 Å². The van der Waals surface area contributed by atoms with Gasteiger partial charge in [-0.05, 0) is 31.4 Å². The van der Waals surface area contributed by atoms with Crippen molar-refractivity contribution >= 4 is 10.2 Å². The number of fused-ring (bicyclic) bond motifs is 1. The van der Waals surface area contributed by atoms with Crippen LogP contribution in [0, 0.1) is 5.41 Å². The Bertz CT molecular complexity index is 652. The van der Waals surface area contributed by atoms with Gasteiger partial charge in [-0.15, -0.1) is 0 Å². The molecule has 0 radical (unpaired) electrons. The van der Waals surface area contributed by atoms with Crippen molar-refractivity contribution in [1.82, 2.24) is 13.9 Å². The van der Waals surface area contributed by atoms with Crippen molar-refractivity contribution in [3.8, 4) is 0 Å². The molecule has 2 saturated heterocycles. The largest absolute Gasteiger partial charge is 0.396 e. The number of aliphatic hydroxyl groups is 1. The molecule has 0 aromatic heterocycles. The monoisotopic (exact) mass is 353 g/mol. The van der Waals surface area contributed by atoms with Gasteiger partial charge in [-0.1, -0.05) is 30.3 Å². The first-order chi connectivity index (χ1) is 11.5. The van der Waals surface area contributed by atoms with Crippen LogP contribution in [0.5, 0.6) is 0 Å². The maximum absolute atomic E-state index is 13.0. The van der Waals surface area contributed by atoms with Crippen LogP contribution in [0.3, 0.4) is 0 Å². The highest BCUT2D eigenvalue weighted by Crippen LogP contribution is 2.38. The lowest BCUT2D eigenvalue weighted by Gasteiger charge is -2.50. The van der Waals surface area contributed by atoms with Crippen molar-refractivity contribution in [3.05, 3.63) is 35.9 Å². The van der Waals surface area contributed by atoms with E-state index in [4.69, 9.17) is 0 Å². The Morgan fingerprint density at radius 2 is 2.12 bits per heavy atom. The number of aliphatic hydroxyl groups excluding tert-OH is 1. The standard InChI is InChI=1S/C17H27N3O3S/c1-19(12-15-6-3-2-4-7-15)24(22,23)20-11-8-16-17(13-20,14-21)9-5-10-18-16/h2-4,6-7,16,18,21H,5,8-14H2,1H3/t16-,17-/m1/s1. The highest BCUT2D eigenvalue weighted by atomic mass is 32.2. The first kappa shape index (κ1) is 17.8. The summed E-state index contributed by atoms with van der Waals surface area (Å²) in [4.78, 5) is 0. The molecule has 3 rings (SSSR count). The zero-order chi connectivity index (χ0) is 17.2. The molecule has 2 heterocycles.